The maximum Gasteiger partial charge on any atom is 0.0572 e. The fourth-order valence-electron chi connectivity index (χ4n) is 5.09. The van der Waals surface area contributed by atoms with Crippen LogP contribution in [0.3, 0.4) is 0 Å². The first-order valence-corrected chi connectivity index (χ1v) is 11.3. The van der Waals surface area contributed by atoms with Crippen molar-refractivity contribution in [2.24, 2.45) is 29.6 Å². The number of hydrogen-bond acceptors (Lipinski definition) is 2. The molecule has 3 aliphatic rings. The summed E-state index contributed by atoms with van der Waals surface area (Å²) in [6, 6.07) is 0. The van der Waals surface area contributed by atoms with Crippen LogP contribution in [0, 0.1) is 53.3 Å². The fourth-order valence-corrected chi connectivity index (χ4v) is 5.09. The van der Waals surface area contributed by atoms with Gasteiger partial charge in [-0.15, -0.1) is 0 Å². The van der Waals surface area contributed by atoms with Gasteiger partial charge in [-0.3, -0.25) is 0 Å². The zero-order chi connectivity index (χ0) is 19.1. The number of rotatable bonds is 2. The number of hydrogen-bond donors (Lipinski definition) is 0. The minimum atomic E-state index is 0.473. The Bertz CT molecular complexity index is 559. The van der Waals surface area contributed by atoms with E-state index < -0.39 is 0 Å². The smallest absolute Gasteiger partial charge is 0.0572 e. The van der Waals surface area contributed by atoms with Gasteiger partial charge >= 0.3 is 0 Å². The summed E-state index contributed by atoms with van der Waals surface area (Å²) in [6.45, 7) is 2.39. The minimum Gasteiger partial charge on any atom is -0.381 e. The maximum atomic E-state index is 5.47. The lowest BCUT2D eigenvalue weighted by Crippen LogP contribution is -2.22. The van der Waals surface area contributed by atoms with Crippen LogP contribution >= 0.6 is 0 Å². The zero-order valence-corrected chi connectivity index (χ0v) is 17.6. The lowest BCUT2D eigenvalue weighted by molar-refractivity contribution is 0.0635. The molecule has 0 amide bonds. The van der Waals surface area contributed by atoms with E-state index in [9.17, 15) is 0 Å². The van der Waals surface area contributed by atoms with E-state index in [2.05, 4.69) is 30.6 Å². The third-order valence-electron chi connectivity index (χ3n) is 7.15. The predicted octanol–water partition coefficient (Wildman–Crippen LogP) is 5.46. The molecular weight excluding hydrogens is 332 g/mol. The normalized spacial score (nSPS) is 39.6. The van der Waals surface area contributed by atoms with Crippen molar-refractivity contribution in [2.45, 2.75) is 89.8 Å². The topological polar surface area (TPSA) is 18.5 Å². The molecule has 2 heteroatoms. The highest BCUT2D eigenvalue weighted by Crippen LogP contribution is 2.34. The summed E-state index contributed by atoms with van der Waals surface area (Å²) in [7, 11) is 3.67. The highest BCUT2D eigenvalue weighted by Gasteiger charge is 2.26. The van der Waals surface area contributed by atoms with E-state index in [1.165, 1.54) is 70.6 Å². The largest absolute Gasteiger partial charge is 0.381 e. The lowest BCUT2D eigenvalue weighted by atomic mass is 9.75. The van der Waals surface area contributed by atoms with E-state index in [0.29, 0.717) is 41.8 Å². The van der Waals surface area contributed by atoms with Crippen LogP contribution in [0.15, 0.2) is 0 Å². The van der Waals surface area contributed by atoms with Gasteiger partial charge in [0.25, 0.3) is 0 Å². The van der Waals surface area contributed by atoms with Gasteiger partial charge in [0.1, 0.15) is 0 Å². The molecule has 0 saturated heterocycles. The Kier molecular flexibility index (Phi) is 8.11. The van der Waals surface area contributed by atoms with E-state index in [0.717, 1.165) is 0 Å². The molecule has 2 nitrogen and oxygen atoms in total. The molecular formula is C25H38O2. The molecule has 3 unspecified atom stereocenters. The van der Waals surface area contributed by atoms with E-state index >= 15 is 0 Å². The van der Waals surface area contributed by atoms with Gasteiger partial charge in [0, 0.05) is 37.9 Å². The first kappa shape index (κ1) is 20.8. The second-order valence-corrected chi connectivity index (χ2v) is 9.09. The molecule has 0 aromatic heterocycles. The highest BCUT2D eigenvalue weighted by atomic mass is 16.5. The summed E-state index contributed by atoms with van der Waals surface area (Å²) in [6.07, 6.45) is 14.2. The molecule has 0 aliphatic heterocycles. The summed E-state index contributed by atoms with van der Waals surface area (Å²) in [5.74, 6) is 17.6. The predicted molar refractivity (Wildman–Crippen MR) is 111 cm³/mol. The Balaban J connectivity index is 1.42. The first-order valence-electron chi connectivity index (χ1n) is 11.3. The molecule has 0 heterocycles. The van der Waals surface area contributed by atoms with Crippen LogP contribution in [0.1, 0.15) is 77.6 Å². The van der Waals surface area contributed by atoms with Crippen LogP contribution in [0.5, 0.6) is 0 Å². The van der Waals surface area contributed by atoms with E-state index in [-0.39, 0.29) is 0 Å². The summed E-state index contributed by atoms with van der Waals surface area (Å²) in [4.78, 5) is 0. The van der Waals surface area contributed by atoms with E-state index in [4.69, 9.17) is 9.47 Å². The summed E-state index contributed by atoms with van der Waals surface area (Å²) in [5, 5.41) is 0. The summed E-state index contributed by atoms with van der Waals surface area (Å²) in [5.41, 5.74) is 0. The van der Waals surface area contributed by atoms with Gasteiger partial charge in [0.05, 0.1) is 12.2 Å². The second-order valence-electron chi connectivity index (χ2n) is 9.09. The summed E-state index contributed by atoms with van der Waals surface area (Å²) >= 11 is 0. The Labute approximate surface area is 167 Å². The highest BCUT2D eigenvalue weighted by molar-refractivity contribution is 5.14. The second kappa shape index (κ2) is 10.5. The maximum absolute atomic E-state index is 5.47. The van der Waals surface area contributed by atoms with Crippen molar-refractivity contribution in [1.29, 1.82) is 0 Å². The van der Waals surface area contributed by atoms with Crippen molar-refractivity contribution < 1.29 is 9.47 Å². The van der Waals surface area contributed by atoms with Gasteiger partial charge < -0.3 is 9.47 Å². The van der Waals surface area contributed by atoms with Crippen molar-refractivity contribution >= 4 is 0 Å². The minimum absolute atomic E-state index is 0.473. The van der Waals surface area contributed by atoms with Gasteiger partial charge in [-0.2, -0.15) is 0 Å². The standard InChI is InChI=1S/C25H38O2/c1-19-18-22(5-4-20-8-14-24(26-2)15-9-20)7-13-23(19)12-6-21-10-16-25(27-3)17-11-21/h19-25H,7-11,13-18H2,1-3H3. The monoisotopic (exact) mass is 370 g/mol. The van der Waals surface area contributed by atoms with Gasteiger partial charge in [-0.05, 0) is 76.5 Å². The molecule has 27 heavy (non-hydrogen) atoms. The quantitative estimate of drug-likeness (QED) is 0.601. The summed E-state index contributed by atoms with van der Waals surface area (Å²) < 4.78 is 10.9. The van der Waals surface area contributed by atoms with Gasteiger partial charge in [0.15, 0.2) is 0 Å². The molecule has 3 atom stereocenters. The molecule has 150 valence electrons. The molecule has 3 fully saturated rings. The molecule has 0 aromatic rings. The average Bonchev–Trinajstić information content (AvgIpc) is 2.72. The third kappa shape index (κ3) is 6.27. The number of ether oxygens (including phenoxy) is 2. The van der Waals surface area contributed by atoms with Gasteiger partial charge in [0.2, 0.25) is 0 Å². The fraction of sp³-hybridized carbons (Fsp3) is 0.840. The van der Waals surface area contributed by atoms with E-state index in [1.54, 1.807) is 0 Å². The Morgan fingerprint density at radius 1 is 0.556 bits per heavy atom. The van der Waals surface area contributed by atoms with Crippen LogP contribution in [-0.4, -0.2) is 26.4 Å². The Morgan fingerprint density at radius 2 is 1.00 bits per heavy atom. The van der Waals surface area contributed by atoms with Crippen LogP contribution in [0.25, 0.3) is 0 Å². The molecule has 0 aromatic carbocycles. The third-order valence-corrected chi connectivity index (χ3v) is 7.15. The zero-order valence-electron chi connectivity index (χ0n) is 17.6. The molecule has 0 N–H and O–H groups in total. The van der Waals surface area contributed by atoms with E-state index in [1.807, 2.05) is 14.2 Å². The van der Waals surface area contributed by atoms with Crippen molar-refractivity contribution in [3.8, 4) is 23.7 Å². The SMILES string of the molecule is COC1CCC(C#CC2CCC(C#CC3CCC(OC)CC3)C(C)C2)CC1. The lowest BCUT2D eigenvalue weighted by Gasteiger charge is -2.29. The molecule has 0 spiro atoms. The Morgan fingerprint density at radius 3 is 1.48 bits per heavy atom. The van der Waals surface area contributed by atoms with Crippen LogP contribution in [0.4, 0.5) is 0 Å². The first-order chi connectivity index (χ1) is 13.2. The van der Waals surface area contributed by atoms with Gasteiger partial charge in [-0.25, -0.2) is 0 Å². The van der Waals surface area contributed by atoms with Crippen molar-refractivity contribution in [1.82, 2.24) is 0 Å². The van der Waals surface area contributed by atoms with Crippen molar-refractivity contribution in [2.75, 3.05) is 14.2 Å². The Hall–Kier alpha value is -0.960. The molecule has 3 saturated carbocycles. The molecule has 3 rings (SSSR count). The van der Waals surface area contributed by atoms with Crippen LogP contribution in [0.2, 0.25) is 0 Å². The van der Waals surface area contributed by atoms with Crippen LogP contribution < -0.4 is 0 Å². The van der Waals surface area contributed by atoms with Crippen molar-refractivity contribution in [3.05, 3.63) is 0 Å². The molecule has 3 aliphatic carbocycles. The number of methoxy groups -OCH3 is 2. The molecule has 0 radical (unpaired) electrons. The van der Waals surface area contributed by atoms with Gasteiger partial charge in [-0.1, -0.05) is 30.6 Å². The van der Waals surface area contributed by atoms with Crippen LogP contribution in [-0.2, 0) is 9.47 Å². The average molecular weight is 371 g/mol. The van der Waals surface area contributed by atoms with Crippen molar-refractivity contribution in [3.63, 3.8) is 0 Å². The molecule has 0 bridgehead atoms.